The second-order valence-electron chi connectivity index (χ2n) is 10.3. The number of carboxylic acid groups (broad SMARTS) is 1. The van der Waals surface area contributed by atoms with E-state index in [9.17, 15) is 24.3 Å². The average molecular weight is 697 g/mol. The average Bonchev–Trinajstić information content (AvgIpc) is 3.10. The predicted molar refractivity (Wildman–Crippen MR) is 190 cm³/mol. The highest BCUT2D eigenvalue weighted by molar-refractivity contribution is 8.00. The van der Waals surface area contributed by atoms with Crippen LogP contribution in [0.1, 0.15) is 37.1 Å². The lowest BCUT2D eigenvalue weighted by atomic mass is 10.1. The molecule has 0 saturated heterocycles. The number of anilines is 2. The molecule has 3 amide bonds. The fourth-order valence-electron chi connectivity index (χ4n) is 4.49. The number of thioether (sulfide) groups is 1. The van der Waals surface area contributed by atoms with Gasteiger partial charge in [-0.05, 0) is 83.9 Å². The Morgan fingerprint density at radius 3 is 1.98 bits per heavy atom. The molecule has 0 aromatic heterocycles. The Hall–Kier alpha value is -5.35. The predicted octanol–water partition coefficient (Wildman–Crippen LogP) is 8.57. The molecule has 5 rings (SSSR count). The molecule has 0 radical (unpaired) electrons. The van der Waals surface area contributed by atoms with Crippen LogP contribution in [0.2, 0.25) is 10.0 Å². The number of rotatable bonds is 11. The second-order valence-corrected chi connectivity index (χ2v) is 12.3. The van der Waals surface area contributed by atoms with Crippen molar-refractivity contribution in [3.63, 3.8) is 0 Å². The van der Waals surface area contributed by atoms with E-state index >= 15 is 0 Å². The monoisotopic (exact) mass is 695 g/mol. The maximum Gasteiger partial charge on any atom is 0.337 e. The lowest BCUT2D eigenvalue weighted by Crippen LogP contribution is -2.30. The first-order valence-corrected chi connectivity index (χ1v) is 16.1. The molecule has 5 aromatic carbocycles. The molecular weight excluding hydrogens is 669 g/mol. The molecule has 1 unspecified atom stereocenters. The number of carbonyl (C=O) groups excluding carboxylic acids is 3. The van der Waals surface area contributed by atoms with E-state index in [2.05, 4.69) is 16.0 Å². The fraction of sp³-hybridized carbons (Fsp3) is 0.0270. The molecule has 11 heteroatoms. The first-order chi connectivity index (χ1) is 23.2. The Morgan fingerprint density at radius 2 is 1.33 bits per heavy atom. The summed E-state index contributed by atoms with van der Waals surface area (Å²) in [7, 11) is 0. The van der Waals surface area contributed by atoms with E-state index in [1.54, 1.807) is 84.9 Å². The van der Waals surface area contributed by atoms with Crippen molar-refractivity contribution in [3.05, 3.63) is 165 Å². The van der Waals surface area contributed by atoms with Crippen molar-refractivity contribution in [1.29, 1.82) is 0 Å². The zero-order valence-corrected chi connectivity index (χ0v) is 27.4. The van der Waals surface area contributed by atoms with Gasteiger partial charge < -0.3 is 21.1 Å². The molecule has 4 N–H and O–H groups in total. The normalized spacial score (nSPS) is 11.7. The van der Waals surface area contributed by atoms with E-state index < -0.39 is 23.0 Å². The van der Waals surface area contributed by atoms with Crippen LogP contribution in [-0.2, 0) is 9.59 Å². The van der Waals surface area contributed by atoms with E-state index in [1.165, 1.54) is 30.0 Å². The summed E-state index contributed by atoms with van der Waals surface area (Å²) in [5.74, 6) is -2.56. The Labute approximate surface area is 290 Å². The summed E-state index contributed by atoms with van der Waals surface area (Å²) in [6, 6.07) is 35.7. The SMILES string of the molecule is O=C(Nc1ccc(SC(C(=O)Nc2ccc(Cl)c(C(=O)O)c2)c2ccccc2)cc1)/C(=C/c1ccc(Cl)cc1)NC(=O)c1ccccc1. The smallest absolute Gasteiger partial charge is 0.337 e. The van der Waals surface area contributed by atoms with Crippen LogP contribution in [0.25, 0.3) is 6.08 Å². The maximum atomic E-state index is 13.5. The Balaban J connectivity index is 1.33. The van der Waals surface area contributed by atoms with Gasteiger partial charge in [0.1, 0.15) is 10.9 Å². The topological polar surface area (TPSA) is 125 Å². The molecule has 8 nitrogen and oxygen atoms in total. The molecule has 0 spiro atoms. The van der Waals surface area contributed by atoms with Gasteiger partial charge in [-0.3, -0.25) is 14.4 Å². The largest absolute Gasteiger partial charge is 0.478 e. The zero-order chi connectivity index (χ0) is 34.0. The third-order valence-electron chi connectivity index (χ3n) is 6.88. The minimum Gasteiger partial charge on any atom is -0.478 e. The Kier molecular flexibility index (Phi) is 11.3. The lowest BCUT2D eigenvalue weighted by Gasteiger charge is -2.18. The molecule has 0 aliphatic rings. The van der Waals surface area contributed by atoms with E-state index in [1.807, 2.05) is 30.3 Å². The number of hydrogen-bond donors (Lipinski definition) is 4. The number of nitrogens with one attached hydrogen (secondary N) is 3. The molecule has 0 bridgehead atoms. The number of aromatic carboxylic acids is 1. The third kappa shape index (κ3) is 9.13. The molecule has 0 aliphatic heterocycles. The third-order valence-corrected chi connectivity index (χ3v) is 8.73. The Morgan fingerprint density at radius 1 is 0.708 bits per heavy atom. The molecule has 5 aromatic rings. The summed E-state index contributed by atoms with van der Waals surface area (Å²) in [6.45, 7) is 0. The van der Waals surface area contributed by atoms with Crippen molar-refractivity contribution in [1.82, 2.24) is 5.32 Å². The van der Waals surface area contributed by atoms with Gasteiger partial charge in [-0.1, -0.05) is 83.9 Å². The summed E-state index contributed by atoms with van der Waals surface area (Å²) < 4.78 is 0. The van der Waals surface area contributed by atoms with Crippen LogP contribution in [0.3, 0.4) is 0 Å². The van der Waals surface area contributed by atoms with Crippen LogP contribution in [0, 0.1) is 0 Å². The maximum absolute atomic E-state index is 13.5. The van der Waals surface area contributed by atoms with Gasteiger partial charge in [-0.25, -0.2) is 4.79 Å². The highest BCUT2D eigenvalue weighted by atomic mass is 35.5. The minimum absolute atomic E-state index is 0.0266. The van der Waals surface area contributed by atoms with Gasteiger partial charge in [-0.15, -0.1) is 11.8 Å². The second kappa shape index (κ2) is 16.0. The number of amides is 3. The van der Waals surface area contributed by atoms with Crippen LogP contribution in [0.4, 0.5) is 11.4 Å². The van der Waals surface area contributed by atoms with Crippen molar-refractivity contribution < 1.29 is 24.3 Å². The Bertz CT molecular complexity index is 1970. The van der Waals surface area contributed by atoms with Crippen LogP contribution in [0.5, 0.6) is 0 Å². The number of carbonyl (C=O) groups is 4. The van der Waals surface area contributed by atoms with Gasteiger partial charge in [0.2, 0.25) is 5.91 Å². The zero-order valence-electron chi connectivity index (χ0n) is 25.0. The van der Waals surface area contributed by atoms with Crippen LogP contribution in [0.15, 0.2) is 138 Å². The van der Waals surface area contributed by atoms with Gasteiger partial charge in [0.15, 0.2) is 0 Å². The van der Waals surface area contributed by atoms with Crippen molar-refractivity contribution >= 4 is 76.1 Å². The van der Waals surface area contributed by atoms with E-state index in [0.29, 0.717) is 27.5 Å². The number of halogens is 2. The first kappa shape index (κ1) is 34.0. The summed E-state index contributed by atoms with van der Waals surface area (Å²) in [6.07, 6.45) is 1.56. The van der Waals surface area contributed by atoms with Gasteiger partial charge in [0.25, 0.3) is 11.8 Å². The summed E-state index contributed by atoms with van der Waals surface area (Å²) >= 11 is 13.3. The number of carboxylic acids is 1. The molecular formula is C37H27Cl2N3O5S. The van der Waals surface area contributed by atoms with Crippen LogP contribution in [-0.4, -0.2) is 28.8 Å². The fourth-order valence-corrected chi connectivity index (χ4v) is 5.84. The minimum atomic E-state index is -1.21. The van der Waals surface area contributed by atoms with Gasteiger partial charge in [-0.2, -0.15) is 0 Å². The van der Waals surface area contributed by atoms with Crippen molar-refractivity contribution in [2.45, 2.75) is 10.1 Å². The summed E-state index contributed by atoms with van der Waals surface area (Å²) in [4.78, 5) is 52.1. The van der Waals surface area contributed by atoms with Gasteiger partial charge in [0, 0.05) is 26.9 Å². The van der Waals surface area contributed by atoms with Crippen molar-refractivity contribution in [2.75, 3.05) is 10.6 Å². The van der Waals surface area contributed by atoms with Crippen LogP contribution < -0.4 is 16.0 Å². The standard InChI is InChI=1S/C37H27Cl2N3O5S/c38-26-13-11-23(12-14-26)21-32(42-34(43)25-9-5-2-6-10-25)35(44)40-27-15-18-29(19-16-27)48-33(24-7-3-1-4-8-24)36(45)41-28-17-20-31(39)30(22-28)37(46)47/h1-22,33H,(H,40,44)(H,41,45)(H,42,43)(H,46,47)/b32-21-. The quantitative estimate of drug-likeness (QED) is 0.0811. The molecule has 0 aliphatic carbocycles. The number of benzene rings is 5. The molecule has 0 fully saturated rings. The highest BCUT2D eigenvalue weighted by Gasteiger charge is 2.23. The summed E-state index contributed by atoms with van der Waals surface area (Å²) in [5.41, 5.74) is 2.44. The first-order valence-electron chi connectivity index (χ1n) is 14.5. The highest BCUT2D eigenvalue weighted by Crippen LogP contribution is 2.37. The molecule has 0 saturated carbocycles. The number of hydrogen-bond acceptors (Lipinski definition) is 5. The lowest BCUT2D eigenvalue weighted by molar-refractivity contribution is -0.116. The molecule has 240 valence electrons. The van der Waals surface area contributed by atoms with Crippen molar-refractivity contribution in [3.8, 4) is 0 Å². The van der Waals surface area contributed by atoms with Crippen LogP contribution >= 0.6 is 35.0 Å². The van der Waals surface area contributed by atoms with Gasteiger partial charge >= 0.3 is 5.97 Å². The molecule has 0 heterocycles. The van der Waals surface area contributed by atoms with Crippen molar-refractivity contribution in [2.24, 2.45) is 0 Å². The molecule has 48 heavy (non-hydrogen) atoms. The molecule has 1 atom stereocenters. The van der Waals surface area contributed by atoms with E-state index in [4.69, 9.17) is 23.2 Å². The summed E-state index contributed by atoms with van der Waals surface area (Å²) in [5, 5.41) is 17.6. The van der Waals surface area contributed by atoms with E-state index in [-0.39, 0.29) is 22.2 Å². The van der Waals surface area contributed by atoms with E-state index in [0.717, 1.165) is 10.5 Å². The van der Waals surface area contributed by atoms with Gasteiger partial charge in [0.05, 0.1) is 10.6 Å².